The number of aryl methyl sites for hydroxylation is 1. The second kappa shape index (κ2) is 7.21. The molecule has 1 aliphatic heterocycles. The topological polar surface area (TPSA) is 61.9 Å². The molecule has 4 rings (SSSR count). The molecule has 0 saturated carbocycles. The van der Waals surface area contributed by atoms with Crippen LogP contribution in [0.25, 0.3) is 11.4 Å². The van der Waals surface area contributed by atoms with E-state index in [-0.39, 0.29) is 5.56 Å². The van der Waals surface area contributed by atoms with Crippen LogP contribution in [0, 0.1) is 12.9 Å². The summed E-state index contributed by atoms with van der Waals surface area (Å²) in [7, 11) is 0. The predicted molar refractivity (Wildman–Crippen MR) is 102 cm³/mol. The predicted octanol–water partition coefficient (Wildman–Crippen LogP) is 3.49. The van der Waals surface area contributed by atoms with E-state index in [1.54, 1.807) is 25.1 Å². The van der Waals surface area contributed by atoms with Crippen LogP contribution >= 0.6 is 11.6 Å². The molecule has 0 bridgehead atoms. The molecule has 0 aliphatic carbocycles. The zero-order valence-corrected chi connectivity index (χ0v) is 15.6. The third-order valence-corrected chi connectivity index (χ3v) is 5.07. The van der Waals surface area contributed by atoms with Crippen molar-refractivity contribution in [2.75, 3.05) is 6.54 Å². The molecule has 0 spiro atoms. The van der Waals surface area contributed by atoms with E-state index in [0.717, 1.165) is 23.4 Å². The summed E-state index contributed by atoms with van der Waals surface area (Å²) in [6.45, 7) is 3.70. The van der Waals surface area contributed by atoms with Crippen molar-refractivity contribution in [3.05, 3.63) is 80.2 Å². The van der Waals surface area contributed by atoms with Crippen LogP contribution in [0.5, 0.6) is 0 Å². The number of hydrogen-bond acceptors (Lipinski definition) is 4. The van der Waals surface area contributed by atoms with Crippen molar-refractivity contribution < 1.29 is 4.39 Å². The first kappa shape index (κ1) is 17.8. The van der Waals surface area contributed by atoms with Crippen LogP contribution in [-0.4, -0.2) is 26.4 Å². The Morgan fingerprint density at radius 1 is 1.19 bits per heavy atom. The molecule has 7 heteroatoms. The summed E-state index contributed by atoms with van der Waals surface area (Å²) in [5.74, 6) is 0.0815. The van der Waals surface area contributed by atoms with E-state index in [0.29, 0.717) is 41.6 Å². The zero-order chi connectivity index (χ0) is 19.0. The summed E-state index contributed by atoms with van der Waals surface area (Å²) < 4.78 is 13.2. The van der Waals surface area contributed by atoms with Gasteiger partial charge in [0.15, 0.2) is 0 Å². The summed E-state index contributed by atoms with van der Waals surface area (Å²) in [6, 6.07) is 10.3. The van der Waals surface area contributed by atoms with E-state index in [9.17, 15) is 9.18 Å². The summed E-state index contributed by atoms with van der Waals surface area (Å²) in [4.78, 5) is 26.2. The number of H-pyrrole nitrogens is 1. The fourth-order valence-electron chi connectivity index (χ4n) is 3.33. The Bertz CT molecular complexity index is 1050. The molecule has 2 aromatic heterocycles. The normalized spacial score (nSPS) is 14.2. The molecule has 27 heavy (non-hydrogen) atoms. The molecule has 0 amide bonds. The standard InChI is InChI=1S/C20H18ClFN4O/c1-12-14(4-7-18(22)23-12)10-26-9-8-17-16(11-26)20(27)25-19(24-17)13-2-5-15(21)6-3-13/h2-7H,8-11H2,1H3,(H,24,25,27). The number of hydrogen-bond donors (Lipinski definition) is 1. The third kappa shape index (κ3) is 3.77. The minimum Gasteiger partial charge on any atom is -0.306 e. The second-order valence-electron chi connectivity index (χ2n) is 6.69. The lowest BCUT2D eigenvalue weighted by Crippen LogP contribution is -2.35. The summed E-state index contributed by atoms with van der Waals surface area (Å²) >= 11 is 5.92. The van der Waals surface area contributed by atoms with Crippen LogP contribution in [0.4, 0.5) is 4.39 Å². The third-order valence-electron chi connectivity index (χ3n) is 4.82. The number of nitrogens with zero attached hydrogens (tertiary/aromatic N) is 3. The Morgan fingerprint density at radius 3 is 2.70 bits per heavy atom. The molecule has 3 aromatic rings. The van der Waals surface area contributed by atoms with Gasteiger partial charge in [-0.15, -0.1) is 0 Å². The molecule has 5 nitrogen and oxygen atoms in total. The molecule has 1 aliphatic rings. The van der Waals surface area contributed by atoms with E-state index < -0.39 is 5.95 Å². The first-order valence-corrected chi connectivity index (χ1v) is 9.10. The number of nitrogens with one attached hydrogen (secondary N) is 1. The van der Waals surface area contributed by atoms with Crippen LogP contribution in [0.2, 0.25) is 5.02 Å². The van der Waals surface area contributed by atoms with E-state index in [2.05, 4.69) is 19.9 Å². The van der Waals surface area contributed by atoms with E-state index >= 15 is 0 Å². The molecule has 1 N–H and O–H groups in total. The van der Waals surface area contributed by atoms with Crippen molar-refractivity contribution in [2.24, 2.45) is 0 Å². The lowest BCUT2D eigenvalue weighted by Gasteiger charge is -2.28. The molecular weight excluding hydrogens is 367 g/mol. The smallest absolute Gasteiger partial charge is 0.255 e. The summed E-state index contributed by atoms with van der Waals surface area (Å²) in [5.41, 5.74) is 3.85. The maximum absolute atomic E-state index is 13.2. The van der Waals surface area contributed by atoms with Crippen LogP contribution in [0.1, 0.15) is 22.5 Å². The van der Waals surface area contributed by atoms with E-state index in [1.807, 2.05) is 12.1 Å². The number of halogens is 2. The highest BCUT2D eigenvalue weighted by molar-refractivity contribution is 6.30. The lowest BCUT2D eigenvalue weighted by molar-refractivity contribution is 0.241. The van der Waals surface area contributed by atoms with Crippen molar-refractivity contribution in [1.82, 2.24) is 19.9 Å². The fourth-order valence-corrected chi connectivity index (χ4v) is 3.45. The number of pyridine rings is 1. The Balaban J connectivity index is 1.58. The Hall–Kier alpha value is -2.57. The maximum atomic E-state index is 13.2. The van der Waals surface area contributed by atoms with Crippen molar-refractivity contribution in [2.45, 2.75) is 26.4 Å². The van der Waals surface area contributed by atoms with Gasteiger partial charge in [0.05, 0.1) is 11.3 Å². The molecule has 0 atom stereocenters. The number of aromatic amines is 1. The molecule has 0 radical (unpaired) electrons. The first-order chi connectivity index (χ1) is 13.0. The first-order valence-electron chi connectivity index (χ1n) is 8.72. The average Bonchev–Trinajstić information content (AvgIpc) is 2.65. The largest absolute Gasteiger partial charge is 0.306 e. The summed E-state index contributed by atoms with van der Waals surface area (Å²) in [5, 5.41) is 0.639. The molecular formula is C20H18ClFN4O. The number of aromatic nitrogens is 3. The molecule has 0 unspecified atom stereocenters. The molecule has 3 heterocycles. The lowest BCUT2D eigenvalue weighted by atomic mass is 10.0. The van der Waals surface area contributed by atoms with Crippen LogP contribution in [0.15, 0.2) is 41.2 Å². The van der Waals surface area contributed by atoms with Gasteiger partial charge in [0.1, 0.15) is 5.82 Å². The highest BCUT2D eigenvalue weighted by Gasteiger charge is 2.22. The molecule has 0 fully saturated rings. The van der Waals surface area contributed by atoms with E-state index in [4.69, 9.17) is 11.6 Å². The van der Waals surface area contributed by atoms with Crippen LogP contribution < -0.4 is 5.56 Å². The van der Waals surface area contributed by atoms with Gasteiger partial charge in [0, 0.05) is 42.3 Å². The van der Waals surface area contributed by atoms with Crippen LogP contribution in [-0.2, 0) is 19.5 Å². The Labute approximate surface area is 160 Å². The Kier molecular flexibility index (Phi) is 4.76. The van der Waals surface area contributed by atoms with Crippen molar-refractivity contribution in [1.29, 1.82) is 0 Å². The zero-order valence-electron chi connectivity index (χ0n) is 14.8. The second-order valence-corrected chi connectivity index (χ2v) is 7.12. The van der Waals surface area contributed by atoms with Gasteiger partial charge >= 0.3 is 0 Å². The minimum atomic E-state index is -0.476. The average molecular weight is 385 g/mol. The van der Waals surface area contributed by atoms with Gasteiger partial charge in [0.25, 0.3) is 5.56 Å². The van der Waals surface area contributed by atoms with Crippen LogP contribution in [0.3, 0.4) is 0 Å². The molecule has 138 valence electrons. The van der Waals surface area contributed by atoms with Crippen molar-refractivity contribution >= 4 is 11.6 Å². The number of benzene rings is 1. The summed E-state index contributed by atoms with van der Waals surface area (Å²) in [6.07, 6.45) is 0.688. The number of rotatable bonds is 3. The minimum absolute atomic E-state index is 0.122. The van der Waals surface area contributed by atoms with Gasteiger partial charge in [-0.3, -0.25) is 9.69 Å². The monoisotopic (exact) mass is 384 g/mol. The van der Waals surface area contributed by atoms with Gasteiger partial charge in [-0.05, 0) is 42.8 Å². The molecule has 1 aromatic carbocycles. The van der Waals surface area contributed by atoms with Crippen molar-refractivity contribution in [3.8, 4) is 11.4 Å². The van der Waals surface area contributed by atoms with Gasteiger partial charge in [-0.2, -0.15) is 4.39 Å². The van der Waals surface area contributed by atoms with Crippen molar-refractivity contribution in [3.63, 3.8) is 0 Å². The highest BCUT2D eigenvalue weighted by Crippen LogP contribution is 2.21. The van der Waals surface area contributed by atoms with E-state index in [1.165, 1.54) is 6.07 Å². The van der Waals surface area contributed by atoms with Gasteiger partial charge in [0.2, 0.25) is 5.95 Å². The Morgan fingerprint density at radius 2 is 1.96 bits per heavy atom. The molecule has 0 saturated heterocycles. The highest BCUT2D eigenvalue weighted by atomic mass is 35.5. The van der Waals surface area contributed by atoms with Gasteiger partial charge < -0.3 is 4.98 Å². The SMILES string of the molecule is Cc1nc(F)ccc1CN1CCc2nc(-c3ccc(Cl)cc3)[nH]c(=O)c2C1. The maximum Gasteiger partial charge on any atom is 0.255 e. The fraction of sp³-hybridized carbons (Fsp3) is 0.250. The van der Waals surface area contributed by atoms with Gasteiger partial charge in [-0.1, -0.05) is 17.7 Å². The quantitative estimate of drug-likeness (QED) is 0.702. The van der Waals surface area contributed by atoms with Gasteiger partial charge in [-0.25, -0.2) is 9.97 Å². The number of fused-ring (bicyclic) bond motifs is 1.